The van der Waals surface area contributed by atoms with Crippen molar-refractivity contribution in [1.82, 2.24) is 9.80 Å². The molecule has 0 aliphatic rings. The highest BCUT2D eigenvalue weighted by atomic mass is 35.6. The van der Waals surface area contributed by atoms with Crippen molar-refractivity contribution >= 4 is 46.7 Å². The smallest absolute Gasteiger partial charge is 0.356 e. The van der Waals surface area contributed by atoms with Crippen LogP contribution < -0.4 is 0 Å². The fourth-order valence-corrected chi connectivity index (χ4v) is 0.400. The molecule has 0 atom stereocenters. The number of aliphatic carboxylic acids is 1. The minimum atomic E-state index is -2.17. The maximum absolute atomic E-state index is 9.62. The van der Waals surface area contributed by atoms with Crippen molar-refractivity contribution in [1.29, 1.82) is 5.41 Å². The van der Waals surface area contributed by atoms with Crippen LogP contribution in [0.25, 0.3) is 0 Å². The standard InChI is InChI=1S/C5H13N3.C2HCl3O2/c1-7(2)5(6)8(3)4;3-2(4,5)1(6)7/h6H,1-4H3;(H,6,7). The molecule has 0 aromatic rings. The Morgan fingerprint density at radius 3 is 1.33 bits per heavy atom. The second kappa shape index (κ2) is 6.98. The van der Waals surface area contributed by atoms with Gasteiger partial charge in [0, 0.05) is 28.2 Å². The van der Waals surface area contributed by atoms with Gasteiger partial charge in [-0.2, -0.15) is 0 Å². The van der Waals surface area contributed by atoms with E-state index >= 15 is 0 Å². The molecule has 0 rings (SSSR count). The molecule has 0 aliphatic heterocycles. The van der Waals surface area contributed by atoms with Gasteiger partial charge in [0.1, 0.15) is 0 Å². The molecular weight excluding hydrogens is 264 g/mol. The fourth-order valence-electron chi connectivity index (χ4n) is 0.400. The highest BCUT2D eigenvalue weighted by Gasteiger charge is 2.29. The van der Waals surface area contributed by atoms with Gasteiger partial charge in [0.15, 0.2) is 5.96 Å². The highest BCUT2D eigenvalue weighted by molar-refractivity contribution is 6.75. The Bertz CT molecular complexity index is 216. The zero-order chi connectivity index (χ0) is 12.8. The van der Waals surface area contributed by atoms with Gasteiger partial charge < -0.3 is 14.9 Å². The van der Waals surface area contributed by atoms with Crippen LogP contribution >= 0.6 is 34.8 Å². The number of nitrogens with zero attached hydrogens (tertiary/aromatic N) is 2. The maximum Gasteiger partial charge on any atom is 0.356 e. The molecule has 0 aromatic heterocycles. The summed E-state index contributed by atoms with van der Waals surface area (Å²) in [6.07, 6.45) is 0. The second-order valence-corrected chi connectivity index (χ2v) is 5.20. The van der Waals surface area contributed by atoms with Crippen LogP contribution in [0.5, 0.6) is 0 Å². The van der Waals surface area contributed by atoms with Crippen LogP contribution in [0.15, 0.2) is 0 Å². The lowest BCUT2D eigenvalue weighted by atomic mass is 10.7. The summed E-state index contributed by atoms with van der Waals surface area (Å²) >= 11 is 14.4. The van der Waals surface area contributed by atoms with E-state index < -0.39 is 9.76 Å². The van der Waals surface area contributed by atoms with E-state index in [1.165, 1.54) is 0 Å². The Labute approximate surface area is 104 Å². The number of guanidine groups is 1. The molecule has 0 heterocycles. The minimum Gasteiger partial charge on any atom is -0.478 e. The van der Waals surface area contributed by atoms with Crippen molar-refractivity contribution < 1.29 is 9.90 Å². The van der Waals surface area contributed by atoms with Gasteiger partial charge in [-0.05, 0) is 0 Å². The number of nitrogens with one attached hydrogen (secondary N) is 1. The largest absolute Gasteiger partial charge is 0.478 e. The molecule has 0 aliphatic carbocycles. The first-order valence-corrected chi connectivity index (χ1v) is 4.86. The van der Waals surface area contributed by atoms with Crippen LogP contribution in [0.2, 0.25) is 0 Å². The molecule has 0 fully saturated rings. The molecule has 2 N–H and O–H groups in total. The van der Waals surface area contributed by atoms with Crippen LogP contribution in [-0.4, -0.2) is 58.8 Å². The van der Waals surface area contributed by atoms with E-state index in [-0.39, 0.29) is 0 Å². The topological polar surface area (TPSA) is 67.6 Å². The summed E-state index contributed by atoms with van der Waals surface area (Å²) in [5.74, 6) is -0.942. The van der Waals surface area contributed by atoms with E-state index in [0.717, 1.165) is 0 Å². The molecule has 0 radical (unpaired) electrons. The van der Waals surface area contributed by atoms with Crippen molar-refractivity contribution in [3.63, 3.8) is 0 Å². The molecule has 0 unspecified atom stereocenters. The average Bonchev–Trinajstić information content (AvgIpc) is 2.01. The number of alkyl halides is 3. The highest BCUT2D eigenvalue weighted by Crippen LogP contribution is 2.25. The average molecular weight is 279 g/mol. The van der Waals surface area contributed by atoms with E-state index in [1.54, 1.807) is 9.80 Å². The Kier molecular flexibility index (Phi) is 7.92. The predicted molar refractivity (Wildman–Crippen MR) is 63.0 cm³/mol. The third-order valence-electron chi connectivity index (χ3n) is 1.09. The van der Waals surface area contributed by atoms with Crippen LogP contribution in [0.4, 0.5) is 0 Å². The van der Waals surface area contributed by atoms with E-state index in [1.807, 2.05) is 28.2 Å². The minimum absolute atomic E-state index is 0.519. The Morgan fingerprint density at radius 1 is 1.13 bits per heavy atom. The molecule has 8 heteroatoms. The lowest BCUT2D eigenvalue weighted by Crippen LogP contribution is -2.34. The van der Waals surface area contributed by atoms with Crippen LogP contribution in [0.1, 0.15) is 0 Å². The summed E-state index contributed by atoms with van der Waals surface area (Å²) in [6, 6.07) is 0. The Balaban J connectivity index is 0. The van der Waals surface area contributed by atoms with E-state index in [4.69, 9.17) is 45.3 Å². The normalized spacial score (nSPS) is 9.80. The summed E-state index contributed by atoms with van der Waals surface area (Å²) < 4.78 is -2.17. The van der Waals surface area contributed by atoms with E-state index in [2.05, 4.69) is 0 Å². The van der Waals surface area contributed by atoms with Crippen LogP contribution in [0.3, 0.4) is 0 Å². The molecule has 15 heavy (non-hydrogen) atoms. The molecule has 0 saturated heterocycles. The van der Waals surface area contributed by atoms with Gasteiger partial charge in [-0.15, -0.1) is 0 Å². The summed E-state index contributed by atoms with van der Waals surface area (Å²) in [7, 11) is 7.40. The summed E-state index contributed by atoms with van der Waals surface area (Å²) in [4.78, 5) is 13.1. The molecule has 0 aromatic carbocycles. The molecule has 0 spiro atoms. The van der Waals surface area contributed by atoms with Gasteiger partial charge in [-0.25, -0.2) is 4.79 Å². The lowest BCUT2D eigenvalue weighted by molar-refractivity contribution is -0.135. The number of hydrogen-bond donors (Lipinski definition) is 2. The van der Waals surface area contributed by atoms with Gasteiger partial charge in [-0.3, -0.25) is 5.41 Å². The fraction of sp³-hybridized carbons (Fsp3) is 0.714. The Hall–Kier alpha value is -0.390. The number of carbonyl (C=O) groups is 1. The number of halogens is 3. The first-order chi connectivity index (χ1) is 6.50. The van der Waals surface area contributed by atoms with Gasteiger partial charge in [-0.1, -0.05) is 34.8 Å². The number of carboxylic acids is 1. The first kappa shape index (κ1) is 17.0. The number of rotatable bonds is 0. The van der Waals surface area contributed by atoms with Crippen molar-refractivity contribution in [3.05, 3.63) is 0 Å². The van der Waals surface area contributed by atoms with E-state index in [0.29, 0.717) is 5.96 Å². The molecule has 0 amide bonds. The second-order valence-electron chi connectivity index (χ2n) is 2.92. The zero-order valence-electron chi connectivity index (χ0n) is 8.88. The van der Waals surface area contributed by atoms with Gasteiger partial charge in [0.25, 0.3) is 3.79 Å². The van der Waals surface area contributed by atoms with Gasteiger partial charge in [0.05, 0.1) is 0 Å². The first-order valence-electron chi connectivity index (χ1n) is 3.73. The molecule has 0 saturated carbocycles. The quantitative estimate of drug-likeness (QED) is 0.400. The van der Waals surface area contributed by atoms with Crippen molar-refractivity contribution in [2.45, 2.75) is 3.79 Å². The monoisotopic (exact) mass is 277 g/mol. The van der Waals surface area contributed by atoms with Crippen molar-refractivity contribution in [2.75, 3.05) is 28.2 Å². The zero-order valence-corrected chi connectivity index (χ0v) is 11.2. The lowest BCUT2D eigenvalue weighted by Gasteiger charge is -2.19. The Morgan fingerprint density at radius 2 is 1.33 bits per heavy atom. The molecular formula is C7H14Cl3N3O2. The summed E-state index contributed by atoms with van der Waals surface area (Å²) in [5, 5.41) is 15.1. The van der Waals surface area contributed by atoms with E-state index in [9.17, 15) is 4.79 Å². The molecule has 5 nitrogen and oxygen atoms in total. The van der Waals surface area contributed by atoms with Gasteiger partial charge in [0.2, 0.25) is 0 Å². The van der Waals surface area contributed by atoms with Gasteiger partial charge >= 0.3 is 5.97 Å². The number of hydrogen-bond acceptors (Lipinski definition) is 2. The van der Waals surface area contributed by atoms with Crippen molar-refractivity contribution in [2.24, 2.45) is 0 Å². The predicted octanol–water partition coefficient (Wildman–Crippen LogP) is 1.49. The summed E-state index contributed by atoms with van der Waals surface area (Å²) in [6.45, 7) is 0. The molecule has 90 valence electrons. The molecule has 0 bridgehead atoms. The van der Waals surface area contributed by atoms with Crippen LogP contribution in [-0.2, 0) is 4.79 Å². The number of carboxylic acid groups (broad SMARTS) is 1. The van der Waals surface area contributed by atoms with Crippen LogP contribution in [0, 0.1) is 5.41 Å². The third kappa shape index (κ3) is 9.90. The summed E-state index contributed by atoms with van der Waals surface area (Å²) in [5.41, 5.74) is 0. The SMILES string of the molecule is CN(C)C(=N)N(C)C.O=C(O)C(Cl)(Cl)Cl. The van der Waals surface area contributed by atoms with Crippen molar-refractivity contribution in [3.8, 4) is 0 Å². The third-order valence-corrected chi connectivity index (χ3v) is 1.57. The maximum atomic E-state index is 9.62.